The van der Waals surface area contributed by atoms with Gasteiger partial charge in [0, 0.05) is 29.7 Å². The van der Waals surface area contributed by atoms with E-state index in [1.807, 2.05) is 0 Å². The molecule has 0 amide bonds. The highest BCUT2D eigenvalue weighted by Crippen LogP contribution is 2.41. The van der Waals surface area contributed by atoms with Crippen molar-refractivity contribution < 1.29 is 35.3 Å². The summed E-state index contributed by atoms with van der Waals surface area (Å²) < 4.78 is 1.46. The third-order valence-corrected chi connectivity index (χ3v) is 4.29. The predicted molar refractivity (Wildman–Crippen MR) is 83.9 cm³/mol. The maximum Gasteiger partial charge on any atom is 0.414 e. The number of nitro groups is 1. The van der Waals surface area contributed by atoms with E-state index in [4.69, 9.17) is 5.11 Å². The van der Waals surface area contributed by atoms with Crippen molar-refractivity contribution in [1.82, 2.24) is 4.57 Å². The molecule has 2 rings (SSSR count). The normalized spacial score (nSPS) is 19.0. The summed E-state index contributed by atoms with van der Waals surface area (Å²) in [6.45, 7) is -1.07. The first-order valence-corrected chi connectivity index (χ1v) is 7.22. The zero-order chi connectivity index (χ0) is 19.0. The Labute approximate surface area is 141 Å². The lowest BCUT2D eigenvalue weighted by atomic mass is 9.77. The number of nitrogens with zero attached hydrogens (tertiary/aromatic N) is 2. The number of aliphatic hydroxyl groups excluding tert-OH is 3. The molecule has 0 aliphatic carbocycles. The average Bonchev–Trinajstić information content (AvgIpc) is 2.96. The molecule has 4 unspecified atom stereocenters. The Bertz CT molecular complexity index is 806. The summed E-state index contributed by atoms with van der Waals surface area (Å²) in [5, 5.41) is 61.9. The Hall–Kier alpha value is -2.37. The van der Waals surface area contributed by atoms with Crippen LogP contribution in [0.25, 0.3) is 10.9 Å². The fourth-order valence-electron chi connectivity index (χ4n) is 2.87. The van der Waals surface area contributed by atoms with Crippen molar-refractivity contribution in [2.45, 2.75) is 23.5 Å². The largest absolute Gasteiger partial charge is 0.414 e. The summed E-state index contributed by atoms with van der Waals surface area (Å²) in [5.74, 6) is 0. The zero-order valence-electron chi connectivity index (χ0n) is 13.2. The second kappa shape index (κ2) is 6.50. The maximum atomic E-state index is 11.3. The van der Waals surface area contributed by atoms with Gasteiger partial charge in [-0.3, -0.25) is 14.9 Å². The maximum absolute atomic E-state index is 11.3. The Morgan fingerprint density at radius 2 is 1.92 bits per heavy atom. The molecule has 0 radical (unpaired) electrons. The van der Waals surface area contributed by atoms with E-state index in [1.165, 1.54) is 16.8 Å². The van der Waals surface area contributed by atoms with Gasteiger partial charge < -0.3 is 30.1 Å². The number of rotatable bonds is 7. The fourth-order valence-corrected chi connectivity index (χ4v) is 2.87. The lowest BCUT2D eigenvalue weighted by Crippen LogP contribution is -2.66. The molecule has 10 heteroatoms. The van der Waals surface area contributed by atoms with Crippen LogP contribution in [0.5, 0.6) is 0 Å². The van der Waals surface area contributed by atoms with E-state index in [-0.39, 0.29) is 10.9 Å². The summed E-state index contributed by atoms with van der Waals surface area (Å²) in [6.07, 6.45) is -3.84. The van der Waals surface area contributed by atoms with Crippen LogP contribution < -0.4 is 0 Å². The average molecular weight is 354 g/mol. The van der Waals surface area contributed by atoms with E-state index in [0.29, 0.717) is 5.52 Å². The van der Waals surface area contributed by atoms with Crippen LogP contribution in [0, 0.1) is 10.1 Å². The van der Waals surface area contributed by atoms with Crippen molar-refractivity contribution in [2.24, 2.45) is 7.05 Å². The highest BCUT2D eigenvalue weighted by Gasteiger charge is 2.67. The summed E-state index contributed by atoms with van der Waals surface area (Å²) in [6, 6.07) is 6.27. The fraction of sp³-hybridized carbons (Fsp3) is 0.400. The summed E-state index contributed by atoms with van der Waals surface area (Å²) in [7, 11) is 1.55. The van der Waals surface area contributed by atoms with Gasteiger partial charge in [0.15, 0.2) is 0 Å². The molecule has 2 aromatic rings. The smallest absolute Gasteiger partial charge is 0.394 e. The Balaban J connectivity index is 2.88. The van der Waals surface area contributed by atoms with E-state index in [0.717, 1.165) is 0 Å². The van der Waals surface area contributed by atoms with Crippen molar-refractivity contribution in [3.05, 3.63) is 46.1 Å². The summed E-state index contributed by atoms with van der Waals surface area (Å²) in [5.41, 5.74) is -6.77. The van der Waals surface area contributed by atoms with Crippen LogP contribution in [-0.4, -0.2) is 65.8 Å². The number of aldehydes is 1. The van der Waals surface area contributed by atoms with Crippen molar-refractivity contribution >= 4 is 17.2 Å². The topological polar surface area (TPSA) is 166 Å². The first-order chi connectivity index (χ1) is 11.6. The number of aliphatic hydroxyl groups is 5. The van der Waals surface area contributed by atoms with Crippen LogP contribution in [0.2, 0.25) is 0 Å². The predicted octanol–water partition coefficient (Wildman–Crippen LogP) is -1.76. The molecule has 0 aliphatic rings. The van der Waals surface area contributed by atoms with Gasteiger partial charge >= 0.3 is 5.72 Å². The molecule has 136 valence electrons. The Morgan fingerprint density at radius 3 is 2.44 bits per heavy atom. The lowest BCUT2D eigenvalue weighted by molar-refractivity contribution is -0.633. The van der Waals surface area contributed by atoms with Crippen LogP contribution >= 0.6 is 0 Å². The SMILES string of the molecule is Cn1cc(C(O)(C(O)C(O)CO)C(O)(C=O)[N+](=O)[O-])c2ccccc21. The molecular formula is C15H18N2O8. The molecule has 0 spiro atoms. The number of hydrogen-bond acceptors (Lipinski definition) is 8. The van der Waals surface area contributed by atoms with Gasteiger partial charge in [0.25, 0.3) is 0 Å². The number of benzene rings is 1. The standard InChI is InChI=1S/C15H18N2O8/c1-16-6-10(9-4-2-3-5-11(9)16)15(23,13(21)12(20)7-18)14(22,8-19)17(24)25/h2-6,8,12-13,18,20-23H,7H2,1H3. The third-order valence-electron chi connectivity index (χ3n) is 4.29. The van der Waals surface area contributed by atoms with Crippen molar-refractivity contribution in [3.8, 4) is 0 Å². The number of aromatic nitrogens is 1. The van der Waals surface area contributed by atoms with Crippen LogP contribution in [-0.2, 0) is 17.4 Å². The molecule has 0 bridgehead atoms. The molecule has 4 atom stereocenters. The van der Waals surface area contributed by atoms with Crippen LogP contribution in [0.1, 0.15) is 5.56 Å². The van der Waals surface area contributed by atoms with Gasteiger partial charge in [-0.15, -0.1) is 0 Å². The Kier molecular flexibility index (Phi) is 4.93. The van der Waals surface area contributed by atoms with Gasteiger partial charge in [-0.05, 0) is 6.07 Å². The number of fused-ring (bicyclic) bond motifs is 1. The van der Waals surface area contributed by atoms with Gasteiger partial charge in [-0.2, -0.15) is 0 Å². The Morgan fingerprint density at radius 1 is 1.32 bits per heavy atom. The van der Waals surface area contributed by atoms with Crippen LogP contribution in [0.4, 0.5) is 0 Å². The van der Waals surface area contributed by atoms with E-state index in [1.54, 1.807) is 25.2 Å². The van der Waals surface area contributed by atoms with E-state index < -0.39 is 41.4 Å². The molecule has 0 aliphatic heterocycles. The van der Waals surface area contributed by atoms with Gasteiger partial charge in [0.1, 0.15) is 12.2 Å². The van der Waals surface area contributed by atoms with Crippen molar-refractivity contribution in [1.29, 1.82) is 0 Å². The molecule has 25 heavy (non-hydrogen) atoms. The highest BCUT2D eigenvalue weighted by atomic mass is 16.7. The van der Waals surface area contributed by atoms with Gasteiger partial charge in [0.2, 0.25) is 11.9 Å². The molecule has 1 heterocycles. The minimum absolute atomic E-state index is 0.207. The van der Waals surface area contributed by atoms with Gasteiger partial charge in [-0.25, -0.2) is 0 Å². The minimum atomic E-state index is -3.67. The van der Waals surface area contributed by atoms with Crippen molar-refractivity contribution in [3.63, 3.8) is 0 Å². The molecule has 0 saturated carbocycles. The van der Waals surface area contributed by atoms with E-state index >= 15 is 0 Å². The van der Waals surface area contributed by atoms with E-state index in [2.05, 4.69) is 0 Å². The van der Waals surface area contributed by atoms with Gasteiger partial charge in [0.05, 0.1) is 11.5 Å². The molecule has 10 nitrogen and oxygen atoms in total. The number of carbonyl (C=O) groups is 1. The first-order valence-electron chi connectivity index (χ1n) is 7.22. The van der Waals surface area contributed by atoms with Gasteiger partial charge in [-0.1, -0.05) is 18.2 Å². The molecule has 0 saturated heterocycles. The number of aryl methyl sites for hydroxylation is 1. The third kappa shape index (κ3) is 2.60. The quantitative estimate of drug-likeness (QED) is 0.169. The number of carbonyl (C=O) groups excluding carboxylic acids is 1. The number of para-hydroxylation sites is 1. The minimum Gasteiger partial charge on any atom is -0.394 e. The highest BCUT2D eigenvalue weighted by molar-refractivity contribution is 5.86. The first kappa shape index (κ1) is 19.0. The summed E-state index contributed by atoms with van der Waals surface area (Å²) >= 11 is 0. The second-order valence-corrected chi connectivity index (χ2v) is 5.73. The molecular weight excluding hydrogens is 336 g/mol. The lowest BCUT2D eigenvalue weighted by Gasteiger charge is -2.38. The zero-order valence-corrected chi connectivity index (χ0v) is 13.2. The molecule has 5 N–H and O–H groups in total. The molecule has 1 aromatic heterocycles. The molecule has 1 aromatic carbocycles. The van der Waals surface area contributed by atoms with Crippen LogP contribution in [0.15, 0.2) is 30.5 Å². The molecule has 0 fully saturated rings. The van der Waals surface area contributed by atoms with Crippen molar-refractivity contribution in [2.75, 3.05) is 6.61 Å². The number of hydrogen-bond donors (Lipinski definition) is 5. The van der Waals surface area contributed by atoms with Crippen LogP contribution in [0.3, 0.4) is 0 Å². The monoisotopic (exact) mass is 354 g/mol. The van der Waals surface area contributed by atoms with E-state index in [9.17, 15) is 35.3 Å². The summed E-state index contributed by atoms with van der Waals surface area (Å²) in [4.78, 5) is 21.2. The second-order valence-electron chi connectivity index (χ2n) is 5.73.